The van der Waals surface area contributed by atoms with E-state index < -0.39 is 10.0 Å². The highest BCUT2D eigenvalue weighted by atomic mass is 35.5. The molecule has 2 aromatic rings. The van der Waals surface area contributed by atoms with Crippen LogP contribution in [0.25, 0.3) is 5.69 Å². The highest BCUT2D eigenvalue weighted by molar-refractivity contribution is 7.88. The van der Waals surface area contributed by atoms with Crippen LogP contribution in [0.1, 0.15) is 22.5 Å². The van der Waals surface area contributed by atoms with Crippen molar-refractivity contribution in [3.05, 3.63) is 46.7 Å². The number of hydrogen-bond donors (Lipinski definition) is 0. The van der Waals surface area contributed by atoms with Gasteiger partial charge in [-0.1, -0.05) is 29.8 Å². The molecule has 1 aliphatic heterocycles. The minimum Gasteiger partial charge on any atom is -0.337 e. The number of aryl methyl sites for hydroxylation is 1. The number of benzene rings is 1. The smallest absolute Gasteiger partial charge is 0.258 e. The maximum absolute atomic E-state index is 13.0. The van der Waals surface area contributed by atoms with Crippen molar-refractivity contribution in [1.29, 1.82) is 0 Å². The first-order valence-corrected chi connectivity index (χ1v) is 10.6. The zero-order valence-corrected chi connectivity index (χ0v) is 16.3. The van der Waals surface area contributed by atoms with Gasteiger partial charge in [-0.25, -0.2) is 17.4 Å². The van der Waals surface area contributed by atoms with E-state index in [2.05, 4.69) is 5.10 Å². The van der Waals surface area contributed by atoms with Crippen molar-refractivity contribution in [1.82, 2.24) is 19.0 Å². The number of amides is 1. The molecule has 1 amide bonds. The molecule has 0 saturated carbocycles. The average molecular weight is 397 g/mol. The van der Waals surface area contributed by atoms with Crippen LogP contribution in [0.15, 0.2) is 30.3 Å². The Bertz CT molecular complexity index is 912. The third-order valence-electron chi connectivity index (χ3n) is 4.43. The Hall–Kier alpha value is -1.90. The fourth-order valence-corrected chi connectivity index (χ4v) is 4.30. The van der Waals surface area contributed by atoms with Gasteiger partial charge in [0.2, 0.25) is 10.0 Å². The van der Waals surface area contributed by atoms with E-state index in [0.717, 1.165) is 5.69 Å². The Morgan fingerprint density at radius 3 is 2.46 bits per heavy atom. The van der Waals surface area contributed by atoms with Crippen molar-refractivity contribution >= 4 is 27.5 Å². The zero-order chi connectivity index (χ0) is 18.9. The van der Waals surface area contributed by atoms with Crippen LogP contribution in [0, 0.1) is 6.92 Å². The average Bonchev–Trinajstić information content (AvgIpc) is 2.78. The third-order valence-corrected chi connectivity index (χ3v) is 6.08. The first kappa shape index (κ1) is 18.9. The van der Waals surface area contributed by atoms with Gasteiger partial charge in [0.05, 0.1) is 23.2 Å². The summed E-state index contributed by atoms with van der Waals surface area (Å²) < 4.78 is 26.4. The predicted molar refractivity (Wildman–Crippen MR) is 100 cm³/mol. The molecule has 0 unspecified atom stereocenters. The molecule has 2 heterocycles. The SMILES string of the molecule is Cc1nn(-c2ccccc2)c(Cl)c1C(=O)N1CCCN(S(C)(=O)=O)CC1. The van der Waals surface area contributed by atoms with E-state index in [1.165, 1.54) is 10.6 Å². The van der Waals surface area contributed by atoms with Crippen molar-refractivity contribution in [2.75, 3.05) is 32.4 Å². The Morgan fingerprint density at radius 1 is 1.12 bits per heavy atom. The van der Waals surface area contributed by atoms with Crippen molar-refractivity contribution in [2.24, 2.45) is 0 Å². The van der Waals surface area contributed by atoms with Crippen LogP contribution >= 0.6 is 11.6 Å². The van der Waals surface area contributed by atoms with E-state index in [1.807, 2.05) is 30.3 Å². The molecule has 0 radical (unpaired) electrons. The van der Waals surface area contributed by atoms with Crippen molar-refractivity contribution < 1.29 is 13.2 Å². The lowest BCUT2D eigenvalue weighted by Gasteiger charge is -2.21. The number of halogens is 1. The Labute approximate surface area is 158 Å². The highest BCUT2D eigenvalue weighted by Gasteiger charge is 2.28. The summed E-state index contributed by atoms with van der Waals surface area (Å²) in [5.74, 6) is -0.218. The van der Waals surface area contributed by atoms with Gasteiger partial charge in [-0.15, -0.1) is 0 Å². The number of sulfonamides is 1. The van der Waals surface area contributed by atoms with Crippen molar-refractivity contribution in [3.8, 4) is 5.69 Å². The first-order chi connectivity index (χ1) is 12.3. The number of rotatable bonds is 3. The molecule has 1 aliphatic rings. The molecule has 9 heteroatoms. The molecular formula is C17H21ClN4O3S. The predicted octanol–water partition coefficient (Wildman–Crippen LogP) is 1.94. The summed E-state index contributed by atoms with van der Waals surface area (Å²) in [4.78, 5) is 14.7. The first-order valence-electron chi connectivity index (χ1n) is 8.34. The summed E-state index contributed by atoms with van der Waals surface area (Å²) >= 11 is 6.47. The molecule has 1 saturated heterocycles. The maximum Gasteiger partial charge on any atom is 0.258 e. The van der Waals surface area contributed by atoms with E-state index >= 15 is 0 Å². The van der Waals surface area contributed by atoms with Crippen LogP contribution in [0.5, 0.6) is 0 Å². The fourth-order valence-electron chi connectivity index (χ4n) is 3.07. The summed E-state index contributed by atoms with van der Waals surface area (Å²) in [6.45, 7) is 3.27. The van der Waals surface area contributed by atoms with Gasteiger partial charge in [-0.05, 0) is 25.5 Å². The number of carbonyl (C=O) groups is 1. The quantitative estimate of drug-likeness (QED) is 0.794. The number of nitrogens with zero attached hydrogens (tertiary/aromatic N) is 4. The lowest BCUT2D eigenvalue weighted by atomic mass is 10.2. The lowest BCUT2D eigenvalue weighted by Crippen LogP contribution is -2.37. The summed E-state index contributed by atoms with van der Waals surface area (Å²) in [7, 11) is -3.26. The lowest BCUT2D eigenvalue weighted by molar-refractivity contribution is 0.0763. The molecular weight excluding hydrogens is 376 g/mol. The summed E-state index contributed by atoms with van der Waals surface area (Å²) in [6.07, 6.45) is 1.78. The molecule has 0 aliphatic carbocycles. The Balaban J connectivity index is 1.86. The normalized spacial score (nSPS) is 16.5. The van der Waals surface area contributed by atoms with E-state index in [1.54, 1.807) is 16.5 Å². The fraction of sp³-hybridized carbons (Fsp3) is 0.412. The molecule has 7 nitrogen and oxygen atoms in total. The topological polar surface area (TPSA) is 75.5 Å². The van der Waals surface area contributed by atoms with Crippen LogP contribution in [-0.2, 0) is 10.0 Å². The molecule has 0 bridgehead atoms. The Kier molecular flexibility index (Phi) is 5.36. The van der Waals surface area contributed by atoms with Crippen LogP contribution in [0.4, 0.5) is 0 Å². The summed E-state index contributed by atoms with van der Waals surface area (Å²) in [6, 6.07) is 9.37. The second kappa shape index (κ2) is 7.38. The van der Waals surface area contributed by atoms with Gasteiger partial charge in [0.15, 0.2) is 0 Å². The number of aromatic nitrogens is 2. The molecule has 3 rings (SSSR count). The number of carbonyl (C=O) groups excluding carboxylic acids is 1. The molecule has 0 atom stereocenters. The molecule has 0 spiro atoms. The van der Waals surface area contributed by atoms with Gasteiger partial charge in [0.25, 0.3) is 5.91 Å². The third kappa shape index (κ3) is 3.77. The molecule has 1 fully saturated rings. The molecule has 1 aromatic carbocycles. The van der Waals surface area contributed by atoms with E-state index in [4.69, 9.17) is 11.6 Å². The monoisotopic (exact) mass is 396 g/mol. The zero-order valence-electron chi connectivity index (χ0n) is 14.7. The molecule has 140 valence electrons. The summed E-state index contributed by atoms with van der Waals surface area (Å²) in [5.41, 5.74) is 1.69. The van der Waals surface area contributed by atoms with Crippen molar-refractivity contribution in [3.63, 3.8) is 0 Å². The van der Waals surface area contributed by atoms with Gasteiger partial charge in [-0.2, -0.15) is 5.10 Å². The van der Waals surface area contributed by atoms with Gasteiger partial charge in [0, 0.05) is 26.2 Å². The second-order valence-corrected chi connectivity index (χ2v) is 8.65. The standard InChI is InChI=1S/C17H21ClN4O3S/c1-13-15(16(18)22(19-13)14-7-4-3-5-8-14)17(23)20-9-6-10-21(12-11-20)26(2,24)25/h3-5,7-8H,6,9-12H2,1-2H3. The number of hydrogen-bond acceptors (Lipinski definition) is 4. The van der Waals surface area contributed by atoms with E-state index in [0.29, 0.717) is 37.3 Å². The highest BCUT2D eigenvalue weighted by Crippen LogP contribution is 2.25. The second-order valence-electron chi connectivity index (χ2n) is 6.31. The Morgan fingerprint density at radius 2 is 1.81 bits per heavy atom. The number of para-hydroxylation sites is 1. The largest absolute Gasteiger partial charge is 0.337 e. The molecule has 0 N–H and O–H groups in total. The molecule has 1 aromatic heterocycles. The van der Waals surface area contributed by atoms with E-state index in [-0.39, 0.29) is 17.6 Å². The minimum absolute atomic E-state index is 0.218. The van der Waals surface area contributed by atoms with Crippen LogP contribution in [0.2, 0.25) is 5.15 Å². The van der Waals surface area contributed by atoms with Crippen molar-refractivity contribution in [2.45, 2.75) is 13.3 Å². The maximum atomic E-state index is 13.0. The molecule has 26 heavy (non-hydrogen) atoms. The van der Waals surface area contributed by atoms with Crippen LogP contribution in [-0.4, -0.2) is 65.7 Å². The van der Waals surface area contributed by atoms with Gasteiger partial charge < -0.3 is 4.90 Å². The van der Waals surface area contributed by atoms with Gasteiger partial charge in [0.1, 0.15) is 5.15 Å². The minimum atomic E-state index is -3.26. The van der Waals surface area contributed by atoms with E-state index in [9.17, 15) is 13.2 Å². The van der Waals surface area contributed by atoms with Gasteiger partial charge >= 0.3 is 0 Å². The van der Waals surface area contributed by atoms with Gasteiger partial charge in [-0.3, -0.25) is 4.79 Å². The van der Waals surface area contributed by atoms with Crippen LogP contribution < -0.4 is 0 Å². The summed E-state index contributed by atoms with van der Waals surface area (Å²) in [5, 5.41) is 4.67. The van der Waals surface area contributed by atoms with Crippen LogP contribution in [0.3, 0.4) is 0 Å².